The predicted molar refractivity (Wildman–Crippen MR) is 94.1 cm³/mol. The Kier molecular flexibility index (Phi) is 4.28. The van der Waals surface area contributed by atoms with Gasteiger partial charge in [0.05, 0.1) is 7.11 Å². The fraction of sp³-hybridized carbons (Fsp3) is 0.429. The van der Waals surface area contributed by atoms with Crippen LogP contribution in [0.25, 0.3) is 0 Å². The summed E-state index contributed by atoms with van der Waals surface area (Å²) in [6, 6.07) is 13.5. The van der Waals surface area contributed by atoms with E-state index in [9.17, 15) is 4.39 Å². The van der Waals surface area contributed by atoms with Crippen LogP contribution in [-0.2, 0) is 12.8 Å². The molecule has 4 rings (SSSR count). The Morgan fingerprint density at radius 3 is 2.88 bits per heavy atom. The van der Waals surface area contributed by atoms with Crippen LogP contribution in [0.1, 0.15) is 29.0 Å². The molecule has 1 saturated heterocycles. The van der Waals surface area contributed by atoms with Gasteiger partial charge in [0.15, 0.2) is 0 Å². The van der Waals surface area contributed by atoms with E-state index in [0.29, 0.717) is 5.92 Å². The molecule has 2 nitrogen and oxygen atoms in total. The van der Waals surface area contributed by atoms with Crippen LogP contribution >= 0.6 is 0 Å². The smallest absolute Gasteiger partial charge is 0.123 e. The van der Waals surface area contributed by atoms with Gasteiger partial charge < -0.3 is 9.64 Å². The quantitative estimate of drug-likeness (QED) is 0.841. The van der Waals surface area contributed by atoms with Gasteiger partial charge in [-0.3, -0.25) is 0 Å². The highest BCUT2D eigenvalue weighted by Gasteiger charge is 2.37. The number of likely N-dealkylation sites (tertiary alicyclic amines) is 1. The van der Waals surface area contributed by atoms with Gasteiger partial charge in [-0.25, -0.2) is 4.39 Å². The van der Waals surface area contributed by atoms with Gasteiger partial charge in [-0.1, -0.05) is 24.3 Å². The van der Waals surface area contributed by atoms with Crippen LogP contribution in [0.15, 0.2) is 42.5 Å². The van der Waals surface area contributed by atoms with Crippen LogP contribution in [0.5, 0.6) is 5.75 Å². The Morgan fingerprint density at radius 2 is 2.04 bits per heavy atom. The average Bonchev–Trinajstić information content (AvgIpc) is 3.03. The summed E-state index contributed by atoms with van der Waals surface area (Å²) in [5, 5.41) is 0. The molecule has 1 aliphatic carbocycles. The number of fused-ring (bicyclic) bond motifs is 3. The number of rotatable bonds is 4. The summed E-state index contributed by atoms with van der Waals surface area (Å²) in [5.74, 6) is 2.28. The van der Waals surface area contributed by atoms with Crippen molar-refractivity contribution < 1.29 is 9.13 Å². The van der Waals surface area contributed by atoms with E-state index in [4.69, 9.17) is 4.74 Å². The highest BCUT2D eigenvalue weighted by Crippen LogP contribution is 2.43. The fourth-order valence-corrected chi connectivity index (χ4v) is 4.49. The molecule has 3 heteroatoms. The van der Waals surface area contributed by atoms with E-state index in [1.54, 1.807) is 19.2 Å². The summed E-state index contributed by atoms with van der Waals surface area (Å²) >= 11 is 0. The predicted octanol–water partition coefficient (Wildman–Crippen LogP) is 4.04. The molecule has 2 aromatic carbocycles. The molecule has 2 atom stereocenters. The Labute approximate surface area is 143 Å². The first-order chi connectivity index (χ1) is 11.7. The number of nitrogens with zero attached hydrogens (tertiary/aromatic N) is 1. The lowest BCUT2D eigenvalue weighted by molar-refractivity contribution is 0.324. The van der Waals surface area contributed by atoms with E-state index >= 15 is 0 Å². The molecule has 1 aliphatic heterocycles. The van der Waals surface area contributed by atoms with Gasteiger partial charge >= 0.3 is 0 Å². The van der Waals surface area contributed by atoms with Crippen molar-refractivity contribution in [2.24, 2.45) is 5.92 Å². The molecule has 0 spiro atoms. The van der Waals surface area contributed by atoms with Crippen molar-refractivity contribution in [2.75, 3.05) is 26.7 Å². The first-order valence-corrected chi connectivity index (χ1v) is 8.87. The summed E-state index contributed by atoms with van der Waals surface area (Å²) in [6.45, 7) is 3.28. The maximum atomic E-state index is 13.3. The Hall–Kier alpha value is -1.87. The van der Waals surface area contributed by atoms with Crippen molar-refractivity contribution >= 4 is 0 Å². The largest absolute Gasteiger partial charge is 0.496 e. The molecule has 24 heavy (non-hydrogen) atoms. The molecule has 0 bridgehead atoms. The molecule has 2 aliphatic rings. The minimum Gasteiger partial charge on any atom is -0.496 e. The summed E-state index contributed by atoms with van der Waals surface area (Å²) in [7, 11) is 1.77. The van der Waals surface area contributed by atoms with Crippen molar-refractivity contribution in [1.82, 2.24) is 4.90 Å². The van der Waals surface area contributed by atoms with E-state index in [1.165, 1.54) is 23.6 Å². The van der Waals surface area contributed by atoms with E-state index < -0.39 is 0 Å². The van der Waals surface area contributed by atoms with Gasteiger partial charge in [0.25, 0.3) is 0 Å². The molecule has 1 heterocycles. The third-order valence-corrected chi connectivity index (χ3v) is 5.68. The topological polar surface area (TPSA) is 12.5 Å². The van der Waals surface area contributed by atoms with Gasteiger partial charge in [0.2, 0.25) is 0 Å². The Bertz CT molecular complexity index is 730. The monoisotopic (exact) mass is 325 g/mol. The molecule has 2 unspecified atom stereocenters. The lowest BCUT2D eigenvalue weighted by Crippen LogP contribution is -2.23. The lowest BCUT2D eigenvalue weighted by Gasteiger charge is -2.28. The van der Waals surface area contributed by atoms with E-state index in [0.717, 1.165) is 49.7 Å². The summed E-state index contributed by atoms with van der Waals surface area (Å²) < 4.78 is 18.9. The third kappa shape index (κ3) is 2.93. The number of ether oxygens (including phenoxy) is 1. The minimum absolute atomic E-state index is 0.136. The lowest BCUT2D eigenvalue weighted by atomic mass is 9.77. The molecule has 126 valence electrons. The minimum atomic E-state index is -0.136. The second-order valence-corrected chi connectivity index (χ2v) is 7.07. The zero-order valence-electron chi connectivity index (χ0n) is 14.2. The van der Waals surface area contributed by atoms with E-state index in [2.05, 4.69) is 23.1 Å². The van der Waals surface area contributed by atoms with Crippen molar-refractivity contribution in [2.45, 2.75) is 25.2 Å². The number of methoxy groups -OCH3 is 1. The zero-order chi connectivity index (χ0) is 16.5. The van der Waals surface area contributed by atoms with Crippen molar-refractivity contribution in [1.29, 1.82) is 0 Å². The van der Waals surface area contributed by atoms with Gasteiger partial charge in [-0.2, -0.15) is 0 Å². The maximum Gasteiger partial charge on any atom is 0.123 e. The van der Waals surface area contributed by atoms with E-state index in [1.807, 2.05) is 6.07 Å². The molecule has 0 saturated carbocycles. The van der Waals surface area contributed by atoms with Crippen LogP contribution in [0.4, 0.5) is 4.39 Å². The summed E-state index contributed by atoms with van der Waals surface area (Å²) in [5.41, 5.74) is 3.99. The van der Waals surface area contributed by atoms with Crippen molar-refractivity contribution in [3.05, 3.63) is 65.0 Å². The molecule has 0 amide bonds. The van der Waals surface area contributed by atoms with Gasteiger partial charge in [0, 0.05) is 25.6 Å². The molecule has 2 aromatic rings. The van der Waals surface area contributed by atoms with Gasteiger partial charge in [0.1, 0.15) is 11.6 Å². The Balaban J connectivity index is 1.45. The summed E-state index contributed by atoms with van der Waals surface area (Å²) in [4.78, 5) is 2.55. The maximum absolute atomic E-state index is 13.3. The number of hydrogen-bond donors (Lipinski definition) is 0. The number of hydrogen-bond acceptors (Lipinski definition) is 2. The highest BCUT2D eigenvalue weighted by molar-refractivity contribution is 5.44. The van der Waals surface area contributed by atoms with E-state index in [-0.39, 0.29) is 5.82 Å². The van der Waals surface area contributed by atoms with Crippen LogP contribution < -0.4 is 4.74 Å². The van der Waals surface area contributed by atoms with Crippen LogP contribution in [-0.4, -0.2) is 31.6 Å². The van der Waals surface area contributed by atoms with Crippen molar-refractivity contribution in [3.63, 3.8) is 0 Å². The third-order valence-electron chi connectivity index (χ3n) is 5.68. The number of benzene rings is 2. The van der Waals surface area contributed by atoms with Gasteiger partial charge in [-0.05, 0) is 60.1 Å². The molecule has 0 radical (unpaired) electrons. The van der Waals surface area contributed by atoms with Crippen LogP contribution in [0.2, 0.25) is 0 Å². The first-order valence-electron chi connectivity index (χ1n) is 8.87. The average molecular weight is 325 g/mol. The molecule has 0 aromatic heterocycles. The Morgan fingerprint density at radius 1 is 1.17 bits per heavy atom. The molecular weight excluding hydrogens is 301 g/mol. The molecule has 0 N–H and O–H groups in total. The van der Waals surface area contributed by atoms with Crippen molar-refractivity contribution in [3.8, 4) is 5.75 Å². The summed E-state index contributed by atoms with van der Waals surface area (Å²) in [6.07, 6.45) is 3.29. The normalized spacial score (nSPS) is 22.9. The van der Waals surface area contributed by atoms with Crippen LogP contribution in [0.3, 0.4) is 0 Å². The molecular formula is C21H24FNO. The van der Waals surface area contributed by atoms with Crippen LogP contribution in [0, 0.1) is 11.7 Å². The highest BCUT2D eigenvalue weighted by atomic mass is 19.1. The SMILES string of the molecule is COc1cccc2c1CCC1CN(CCc3cccc(F)c3)CC21. The second-order valence-electron chi connectivity index (χ2n) is 7.07. The first kappa shape index (κ1) is 15.6. The number of halogens is 1. The molecule has 1 fully saturated rings. The second kappa shape index (κ2) is 6.56. The fourth-order valence-electron chi connectivity index (χ4n) is 4.49. The standard InChI is InChI=1S/C21H24FNO/c1-24-21-7-3-6-18-19(21)9-8-16-13-23(14-20(16)18)11-10-15-4-2-5-17(22)12-15/h2-7,12,16,20H,8-11,13-14H2,1H3. The van der Waals surface area contributed by atoms with Gasteiger partial charge in [-0.15, -0.1) is 0 Å². The zero-order valence-corrected chi connectivity index (χ0v) is 14.2.